The molecule has 1 aromatic heterocycles. The number of hydrogen-bond donors (Lipinski definition) is 1. The lowest BCUT2D eigenvalue weighted by Crippen LogP contribution is -2.18. The van der Waals surface area contributed by atoms with Gasteiger partial charge in [0.2, 0.25) is 0 Å². The van der Waals surface area contributed by atoms with Crippen molar-refractivity contribution in [2.45, 2.75) is 6.54 Å². The Morgan fingerprint density at radius 2 is 2.24 bits per heavy atom. The Bertz CT molecular complexity index is 725. The van der Waals surface area contributed by atoms with E-state index >= 15 is 0 Å². The molecule has 21 heavy (non-hydrogen) atoms. The van der Waals surface area contributed by atoms with Gasteiger partial charge in [-0.25, -0.2) is 9.78 Å². The summed E-state index contributed by atoms with van der Waals surface area (Å²) in [5.41, 5.74) is 1.53. The second-order valence-corrected chi connectivity index (χ2v) is 4.90. The number of carbonyl (C=O) groups is 1. The summed E-state index contributed by atoms with van der Waals surface area (Å²) in [4.78, 5) is 17.0. The zero-order valence-corrected chi connectivity index (χ0v) is 12.0. The highest BCUT2D eigenvalue weighted by molar-refractivity contribution is 6.33. The third-order valence-electron chi connectivity index (χ3n) is 2.94. The van der Waals surface area contributed by atoms with Crippen molar-refractivity contribution in [2.24, 2.45) is 0 Å². The SMILES string of the molecule is CN(Cc1cccc(C#N)c1)c1cc(C(=O)O)c(Cl)cn1. The maximum Gasteiger partial charge on any atom is 0.337 e. The second kappa shape index (κ2) is 6.25. The highest BCUT2D eigenvalue weighted by atomic mass is 35.5. The summed E-state index contributed by atoms with van der Waals surface area (Å²) < 4.78 is 0. The first-order chi connectivity index (χ1) is 10.0. The normalized spacial score (nSPS) is 9.95. The van der Waals surface area contributed by atoms with Crippen LogP contribution in [0.2, 0.25) is 5.02 Å². The van der Waals surface area contributed by atoms with Crippen LogP contribution in [0.15, 0.2) is 36.5 Å². The van der Waals surface area contributed by atoms with E-state index in [4.69, 9.17) is 22.0 Å². The Hall–Kier alpha value is -2.58. The van der Waals surface area contributed by atoms with Gasteiger partial charge in [0.05, 0.1) is 22.2 Å². The number of nitrogens with zero attached hydrogens (tertiary/aromatic N) is 3. The Labute approximate surface area is 127 Å². The molecule has 0 aliphatic rings. The monoisotopic (exact) mass is 301 g/mol. The minimum atomic E-state index is -1.09. The lowest BCUT2D eigenvalue weighted by Gasteiger charge is -2.19. The highest BCUT2D eigenvalue weighted by Gasteiger charge is 2.13. The van der Waals surface area contributed by atoms with E-state index in [9.17, 15) is 4.79 Å². The van der Waals surface area contributed by atoms with Crippen LogP contribution < -0.4 is 4.90 Å². The average molecular weight is 302 g/mol. The molecule has 6 heteroatoms. The van der Waals surface area contributed by atoms with Gasteiger partial charge in [0.25, 0.3) is 0 Å². The summed E-state index contributed by atoms with van der Waals surface area (Å²) in [6.07, 6.45) is 1.32. The molecule has 0 saturated carbocycles. The number of aromatic carboxylic acids is 1. The molecule has 0 unspecified atom stereocenters. The quantitative estimate of drug-likeness (QED) is 0.939. The van der Waals surface area contributed by atoms with Crippen LogP contribution in [0.3, 0.4) is 0 Å². The Balaban J connectivity index is 2.24. The molecule has 106 valence electrons. The van der Waals surface area contributed by atoms with Crippen LogP contribution in [0.1, 0.15) is 21.5 Å². The van der Waals surface area contributed by atoms with Crippen LogP contribution in [0, 0.1) is 11.3 Å². The van der Waals surface area contributed by atoms with Gasteiger partial charge < -0.3 is 10.0 Å². The molecule has 0 atom stereocenters. The first-order valence-corrected chi connectivity index (χ1v) is 6.48. The Morgan fingerprint density at radius 1 is 1.48 bits per heavy atom. The van der Waals surface area contributed by atoms with E-state index in [0.29, 0.717) is 17.9 Å². The summed E-state index contributed by atoms with van der Waals surface area (Å²) in [5, 5.41) is 18.1. The molecule has 0 radical (unpaired) electrons. The fourth-order valence-electron chi connectivity index (χ4n) is 1.89. The van der Waals surface area contributed by atoms with Crippen molar-refractivity contribution in [1.29, 1.82) is 5.26 Å². The number of benzene rings is 1. The van der Waals surface area contributed by atoms with Crippen molar-refractivity contribution < 1.29 is 9.90 Å². The molecule has 5 nitrogen and oxygen atoms in total. The molecular weight excluding hydrogens is 290 g/mol. The van der Waals surface area contributed by atoms with Crippen molar-refractivity contribution >= 4 is 23.4 Å². The first kappa shape index (κ1) is 14.8. The average Bonchev–Trinajstić information content (AvgIpc) is 2.47. The Morgan fingerprint density at radius 3 is 2.90 bits per heavy atom. The third kappa shape index (κ3) is 3.50. The summed E-state index contributed by atoms with van der Waals surface area (Å²) in [6, 6.07) is 10.7. The van der Waals surface area contributed by atoms with E-state index in [1.165, 1.54) is 12.3 Å². The molecule has 1 aromatic carbocycles. The number of halogens is 1. The van der Waals surface area contributed by atoms with E-state index in [1.807, 2.05) is 6.07 Å². The molecule has 0 aliphatic heterocycles. The molecule has 2 rings (SSSR count). The number of nitriles is 1. The molecule has 0 fully saturated rings. The Kier molecular flexibility index (Phi) is 4.41. The molecule has 2 aromatic rings. The predicted molar refractivity (Wildman–Crippen MR) is 79.5 cm³/mol. The van der Waals surface area contributed by atoms with Gasteiger partial charge in [0.15, 0.2) is 0 Å². The molecule has 0 saturated heterocycles. The van der Waals surface area contributed by atoms with E-state index in [-0.39, 0.29) is 10.6 Å². The topological polar surface area (TPSA) is 77.2 Å². The fraction of sp³-hybridized carbons (Fsp3) is 0.133. The van der Waals surface area contributed by atoms with Gasteiger partial charge in [-0.2, -0.15) is 5.26 Å². The standard InChI is InChI=1S/C15H12ClN3O2/c1-19(9-11-4-2-3-10(5-11)7-17)14-6-12(15(20)21)13(16)8-18-14/h2-6,8H,9H2,1H3,(H,20,21). The summed E-state index contributed by atoms with van der Waals surface area (Å²) in [6.45, 7) is 0.503. The molecule has 0 aliphatic carbocycles. The maximum atomic E-state index is 11.1. The minimum absolute atomic E-state index is 0.0132. The van der Waals surface area contributed by atoms with Crippen molar-refractivity contribution in [3.05, 3.63) is 58.2 Å². The smallest absolute Gasteiger partial charge is 0.337 e. The lowest BCUT2D eigenvalue weighted by molar-refractivity contribution is 0.0697. The van der Waals surface area contributed by atoms with Crippen LogP contribution in [-0.4, -0.2) is 23.1 Å². The maximum absolute atomic E-state index is 11.1. The minimum Gasteiger partial charge on any atom is -0.478 e. The number of carboxylic acids is 1. The fourth-order valence-corrected chi connectivity index (χ4v) is 2.08. The predicted octanol–water partition coefficient (Wildman–Crippen LogP) is 2.94. The molecule has 1 heterocycles. The molecule has 0 bridgehead atoms. The van der Waals surface area contributed by atoms with Gasteiger partial charge in [-0.1, -0.05) is 23.7 Å². The van der Waals surface area contributed by atoms with Gasteiger partial charge in [0.1, 0.15) is 5.82 Å². The van der Waals surface area contributed by atoms with Crippen LogP contribution >= 0.6 is 11.6 Å². The van der Waals surface area contributed by atoms with Crippen LogP contribution in [0.5, 0.6) is 0 Å². The van der Waals surface area contributed by atoms with E-state index in [1.54, 1.807) is 30.1 Å². The van der Waals surface area contributed by atoms with E-state index < -0.39 is 5.97 Å². The van der Waals surface area contributed by atoms with Gasteiger partial charge in [0, 0.05) is 19.8 Å². The van der Waals surface area contributed by atoms with Crippen molar-refractivity contribution in [3.63, 3.8) is 0 Å². The first-order valence-electron chi connectivity index (χ1n) is 6.10. The third-order valence-corrected chi connectivity index (χ3v) is 3.24. The highest BCUT2D eigenvalue weighted by Crippen LogP contribution is 2.21. The van der Waals surface area contributed by atoms with Crippen molar-refractivity contribution in [3.8, 4) is 6.07 Å². The lowest BCUT2D eigenvalue weighted by atomic mass is 10.1. The second-order valence-electron chi connectivity index (χ2n) is 4.50. The molecule has 0 amide bonds. The van der Waals surface area contributed by atoms with Gasteiger partial charge in [-0.15, -0.1) is 0 Å². The number of anilines is 1. The van der Waals surface area contributed by atoms with Gasteiger partial charge in [-0.05, 0) is 23.8 Å². The van der Waals surface area contributed by atoms with Gasteiger partial charge >= 0.3 is 5.97 Å². The van der Waals surface area contributed by atoms with Crippen LogP contribution in [0.25, 0.3) is 0 Å². The number of carboxylic acid groups (broad SMARTS) is 1. The number of hydrogen-bond acceptors (Lipinski definition) is 4. The zero-order chi connectivity index (χ0) is 15.4. The summed E-state index contributed by atoms with van der Waals surface area (Å²) in [5.74, 6) is -0.595. The molecular formula is C15H12ClN3O2. The van der Waals surface area contributed by atoms with Crippen molar-refractivity contribution in [1.82, 2.24) is 4.98 Å². The van der Waals surface area contributed by atoms with Crippen LogP contribution in [-0.2, 0) is 6.54 Å². The number of rotatable bonds is 4. The number of aromatic nitrogens is 1. The van der Waals surface area contributed by atoms with Gasteiger partial charge in [-0.3, -0.25) is 0 Å². The zero-order valence-electron chi connectivity index (χ0n) is 11.2. The van der Waals surface area contributed by atoms with E-state index in [2.05, 4.69) is 11.1 Å². The summed E-state index contributed by atoms with van der Waals surface area (Å²) >= 11 is 5.80. The largest absolute Gasteiger partial charge is 0.478 e. The number of pyridine rings is 1. The molecule has 0 spiro atoms. The molecule has 1 N–H and O–H groups in total. The van der Waals surface area contributed by atoms with Crippen molar-refractivity contribution in [2.75, 3.05) is 11.9 Å². The summed E-state index contributed by atoms with van der Waals surface area (Å²) in [7, 11) is 1.79. The van der Waals surface area contributed by atoms with Crippen LogP contribution in [0.4, 0.5) is 5.82 Å². The van der Waals surface area contributed by atoms with E-state index in [0.717, 1.165) is 5.56 Å².